The zero-order chi connectivity index (χ0) is 13.1. The van der Waals surface area contributed by atoms with Crippen LogP contribution in [0.4, 0.5) is 0 Å². The fourth-order valence-corrected chi connectivity index (χ4v) is 3.56. The van der Waals surface area contributed by atoms with Gasteiger partial charge < -0.3 is 0 Å². The van der Waals surface area contributed by atoms with Crippen molar-refractivity contribution in [3.05, 3.63) is 29.8 Å². The quantitative estimate of drug-likeness (QED) is 0.582. The van der Waals surface area contributed by atoms with Gasteiger partial charge in [-0.15, -0.1) is 11.8 Å². The van der Waals surface area contributed by atoms with Crippen molar-refractivity contribution in [2.45, 2.75) is 38.0 Å². The monoisotopic (exact) mass is 262 g/mol. The number of rotatable bonds is 3. The molecule has 0 N–H and O–H groups in total. The minimum absolute atomic E-state index is 0.240. The summed E-state index contributed by atoms with van der Waals surface area (Å²) in [5.41, 5.74) is 0.888. The Bertz CT molecular complexity index is 400. The van der Waals surface area contributed by atoms with Gasteiger partial charge in [-0.05, 0) is 49.5 Å². The molecular formula is C16H22OS. The molecule has 98 valence electrons. The predicted octanol–water partition coefficient (Wildman–Crippen LogP) is 4.66. The summed E-state index contributed by atoms with van der Waals surface area (Å²) in [7, 11) is 0. The number of carbonyl (C=O) groups is 1. The van der Waals surface area contributed by atoms with Crippen molar-refractivity contribution < 1.29 is 4.79 Å². The lowest BCUT2D eigenvalue weighted by Gasteiger charge is -2.30. The number of hydrogen-bond donors (Lipinski definition) is 0. The summed E-state index contributed by atoms with van der Waals surface area (Å²) < 4.78 is 0. The van der Waals surface area contributed by atoms with Gasteiger partial charge in [0, 0.05) is 16.4 Å². The first-order valence-electron chi connectivity index (χ1n) is 6.78. The highest BCUT2D eigenvalue weighted by molar-refractivity contribution is 7.98. The van der Waals surface area contributed by atoms with Crippen LogP contribution < -0.4 is 0 Å². The topological polar surface area (TPSA) is 17.1 Å². The Labute approximate surface area is 114 Å². The third-order valence-corrected chi connectivity index (χ3v) is 4.67. The predicted molar refractivity (Wildman–Crippen MR) is 78.2 cm³/mol. The highest BCUT2D eigenvalue weighted by Crippen LogP contribution is 2.34. The Morgan fingerprint density at radius 2 is 1.61 bits per heavy atom. The Balaban J connectivity index is 2.09. The first-order chi connectivity index (χ1) is 8.60. The van der Waals surface area contributed by atoms with Crippen molar-refractivity contribution in [3.8, 4) is 0 Å². The molecule has 1 aliphatic rings. The van der Waals surface area contributed by atoms with Crippen LogP contribution in [-0.2, 0) is 0 Å². The summed E-state index contributed by atoms with van der Waals surface area (Å²) in [6.45, 7) is 4.54. The molecular weight excluding hydrogens is 240 g/mol. The first kappa shape index (κ1) is 13.7. The van der Waals surface area contributed by atoms with Gasteiger partial charge in [-0.1, -0.05) is 26.0 Å². The highest BCUT2D eigenvalue weighted by Gasteiger charge is 2.29. The Morgan fingerprint density at radius 3 is 2.11 bits per heavy atom. The van der Waals surface area contributed by atoms with Crippen LogP contribution in [0.25, 0.3) is 0 Å². The fourth-order valence-electron chi connectivity index (χ4n) is 3.15. The molecule has 1 nitrogen and oxygen atoms in total. The van der Waals surface area contributed by atoms with Crippen LogP contribution in [0.15, 0.2) is 29.2 Å². The minimum Gasteiger partial charge on any atom is -0.294 e. The zero-order valence-electron chi connectivity index (χ0n) is 11.5. The molecule has 0 saturated heterocycles. The summed E-state index contributed by atoms with van der Waals surface area (Å²) in [4.78, 5) is 13.7. The normalized spacial score (nSPS) is 28.1. The van der Waals surface area contributed by atoms with E-state index in [0.717, 1.165) is 18.4 Å². The molecule has 1 aromatic rings. The standard InChI is InChI=1S/C16H22OS/c1-11-8-12(2)10-14(9-11)16(17)13-4-6-15(18-3)7-5-13/h4-7,11-12,14H,8-10H2,1-3H3. The molecule has 0 radical (unpaired) electrons. The fraction of sp³-hybridized carbons (Fsp3) is 0.562. The van der Waals surface area contributed by atoms with E-state index in [1.807, 2.05) is 24.3 Å². The number of carbonyl (C=O) groups excluding carboxylic acids is 1. The molecule has 1 fully saturated rings. The van der Waals surface area contributed by atoms with Gasteiger partial charge in [0.05, 0.1) is 0 Å². The van der Waals surface area contributed by atoms with Crippen LogP contribution in [0.1, 0.15) is 43.5 Å². The van der Waals surface area contributed by atoms with Crippen molar-refractivity contribution in [1.29, 1.82) is 0 Å². The van der Waals surface area contributed by atoms with Gasteiger partial charge in [0.15, 0.2) is 5.78 Å². The molecule has 2 rings (SSSR count). The lowest BCUT2D eigenvalue weighted by Crippen LogP contribution is -2.26. The minimum atomic E-state index is 0.240. The van der Waals surface area contributed by atoms with Crippen LogP contribution in [0.5, 0.6) is 0 Å². The summed E-state index contributed by atoms with van der Waals surface area (Å²) in [5.74, 6) is 1.96. The smallest absolute Gasteiger partial charge is 0.165 e. The van der Waals surface area contributed by atoms with E-state index in [-0.39, 0.29) is 5.92 Å². The molecule has 0 spiro atoms. The van der Waals surface area contributed by atoms with Gasteiger partial charge in [-0.25, -0.2) is 0 Å². The largest absolute Gasteiger partial charge is 0.294 e. The first-order valence-corrected chi connectivity index (χ1v) is 8.01. The van der Waals surface area contributed by atoms with Crippen LogP contribution in [0.3, 0.4) is 0 Å². The van der Waals surface area contributed by atoms with E-state index in [0.29, 0.717) is 17.6 Å². The van der Waals surface area contributed by atoms with E-state index in [2.05, 4.69) is 20.1 Å². The van der Waals surface area contributed by atoms with E-state index in [1.54, 1.807) is 11.8 Å². The number of hydrogen-bond acceptors (Lipinski definition) is 2. The maximum absolute atomic E-state index is 12.5. The molecule has 2 heteroatoms. The van der Waals surface area contributed by atoms with Gasteiger partial charge >= 0.3 is 0 Å². The van der Waals surface area contributed by atoms with Gasteiger partial charge in [-0.2, -0.15) is 0 Å². The van der Waals surface area contributed by atoms with E-state index in [4.69, 9.17) is 0 Å². The van der Waals surface area contributed by atoms with E-state index >= 15 is 0 Å². The molecule has 0 aliphatic heterocycles. The van der Waals surface area contributed by atoms with E-state index in [9.17, 15) is 4.79 Å². The Kier molecular flexibility index (Phi) is 4.50. The molecule has 1 aromatic carbocycles. The maximum atomic E-state index is 12.5. The van der Waals surface area contributed by atoms with Crippen LogP contribution in [-0.4, -0.2) is 12.0 Å². The Morgan fingerprint density at radius 1 is 1.06 bits per heavy atom. The second-order valence-electron chi connectivity index (χ2n) is 5.71. The van der Waals surface area contributed by atoms with E-state index < -0.39 is 0 Å². The van der Waals surface area contributed by atoms with Crippen LogP contribution >= 0.6 is 11.8 Å². The average molecular weight is 262 g/mol. The molecule has 0 amide bonds. The van der Waals surface area contributed by atoms with Gasteiger partial charge in [0.1, 0.15) is 0 Å². The third-order valence-electron chi connectivity index (χ3n) is 3.92. The molecule has 18 heavy (non-hydrogen) atoms. The number of ketones is 1. The average Bonchev–Trinajstić information content (AvgIpc) is 2.37. The van der Waals surface area contributed by atoms with Crippen LogP contribution in [0, 0.1) is 17.8 Å². The third kappa shape index (κ3) is 3.17. The number of thioether (sulfide) groups is 1. The highest BCUT2D eigenvalue weighted by atomic mass is 32.2. The summed E-state index contributed by atoms with van der Waals surface area (Å²) >= 11 is 1.71. The van der Waals surface area contributed by atoms with Crippen molar-refractivity contribution in [3.63, 3.8) is 0 Å². The molecule has 0 aromatic heterocycles. The van der Waals surface area contributed by atoms with Gasteiger partial charge in [-0.3, -0.25) is 4.79 Å². The lowest BCUT2D eigenvalue weighted by molar-refractivity contribution is 0.0836. The summed E-state index contributed by atoms with van der Waals surface area (Å²) in [6, 6.07) is 8.07. The Hall–Kier alpha value is -0.760. The molecule has 0 bridgehead atoms. The van der Waals surface area contributed by atoms with E-state index in [1.165, 1.54) is 11.3 Å². The van der Waals surface area contributed by atoms with Crippen molar-refractivity contribution >= 4 is 17.5 Å². The number of Topliss-reactive ketones (excluding diaryl/α,β-unsaturated/α-hetero) is 1. The van der Waals surface area contributed by atoms with Crippen molar-refractivity contribution in [2.24, 2.45) is 17.8 Å². The molecule has 2 unspecified atom stereocenters. The summed E-state index contributed by atoms with van der Waals surface area (Å²) in [5, 5.41) is 0. The number of benzene rings is 1. The molecule has 1 aliphatic carbocycles. The van der Waals surface area contributed by atoms with Gasteiger partial charge in [0.25, 0.3) is 0 Å². The van der Waals surface area contributed by atoms with Crippen molar-refractivity contribution in [2.75, 3.05) is 6.26 Å². The maximum Gasteiger partial charge on any atom is 0.165 e. The SMILES string of the molecule is CSc1ccc(C(=O)C2CC(C)CC(C)C2)cc1. The van der Waals surface area contributed by atoms with Crippen LogP contribution in [0.2, 0.25) is 0 Å². The lowest BCUT2D eigenvalue weighted by atomic mass is 9.74. The second kappa shape index (κ2) is 5.92. The molecule has 1 saturated carbocycles. The summed E-state index contributed by atoms with van der Waals surface area (Å²) in [6.07, 6.45) is 5.46. The zero-order valence-corrected chi connectivity index (χ0v) is 12.3. The second-order valence-corrected chi connectivity index (χ2v) is 6.59. The van der Waals surface area contributed by atoms with Gasteiger partial charge in [0.2, 0.25) is 0 Å². The molecule has 0 heterocycles. The van der Waals surface area contributed by atoms with Crippen molar-refractivity contribution in [1.82, 2.24) is 0 Å². The molecule has 2 atom stereocenters.